The number of anilines is 1. The maximum atomic E-state index is 12.0. The van der Waals surface area contributed by atoms with E-state index in [0.717, 1.165) is 5.69 Å². The van der Waals surface area contributed by atoms with Crippen LogP contribution in [0.5, 0.6) is 0 Å². The minimum absolute atomic E-state index is 0.0730. The zero-order valence-electron chi connectivity index (χ0n) is 9.63. The number of hydrogen-bond donors (Lipinski definition) is 0. The molecular formula is C13H13N3O. The fourth-order valence-electron chi connectivity index (χ4n) is 1.52. The third-order valence-electron chi connectivity index (χ3n) is 2.50. The number of para-hydroxylation sites is 1. The van der Waals surface area contributed by atoms with E-state index in [1.54, 1.807) is 7.05 Å². The molecule has 0 aliphatic heterocycles. The summed E-state index contributed by atoms with van der Waals surface area (Å²) in [7, 11) is 1.65. The van der Waals surface area contributed by atoms with Crippen molar-refractivity contribution < 1.29 is 4.79 Å². The highest BCUT2D eigenvalue weighted by molar-refractivity contribution is 5.94. The highest BCUT2D eigenvalue weighted by Crippen LogP contribution is 2.17. The number of nitrogens with zero attached hydrogens (tertiary/aromatic N) is 3. The van der Waals surface area contributed by atoms with E-state index < -0.39 is 5.92 Å². The van der Waals surface area contributed by atoms with Gasteiger partial charge in [-0.25, -0.2) is 0 Å². The molecule has 0 N–H and O–H groups in total. The Kier molecular flexibility index (Phi) is 4.72. The molecule has 1 rings (SSSR count). The van der Waals surface area contributed by atoms with Crippen LogP contribution in [0.2, 0.25) is 0 Å². The van der Waals surface area contributed by atoms with E-state index in [9.17, 15) is 4.79 Å². The number of hydrogen-bond acceptors (Lipinski definition) is 3. The zero-order chi connectivity index (χ0) is 12.7. The molecule has 0 unspecified atom stereocenters. The van der Waals surface area contributed by atoms with Gasteiger partial charge < -0.3 is 4.90 Å². The van der Waals surface area contributed by atoms with Crippen LogP contribution >= 0.6 is 0 Å². The topological polar surface area (TPSA) is 67.9 Å². The molecule has 17 heavy (non-hydrogen) atoms. The second kappa shape index (κ2) is 6.30. The Labute approximate surface area is 101 Å². The molecule has 4 nitrogen and oxygen atoms in total. The molecule has 0 heterocycles. The van der Waals surface area contributed by atoms with Gasteiger partial charge in [0, 0.05) is 25.6 Å². The third kappa shape index (κ3) is 3.32. The van der Waals surface area contributed by atoms with Crippen LogP contribution in [-0.2, 0) is 4.79 Å². The molecule has 0 spiro atoms. The van der Waals surface area contributed by atoms with Crippen molar-refractivity contribution in [2.24, 2.45) is 5.92 Å². The van der Waals surface area contributed by atoms with Crippen LogP contribution in [0.1, 0.15) is 12.8 Å². The average molecular weight is 227 g/mol. The van der Waals surface area contributed by atoms with E-state index in [4.69, 9.17) is 10.5 Å². The number of nitriles is 2. The fraction of sp³-hybridized carbons (Fsp3) is 0.308. The van der Waals surface area contributed by atoms with Gasteiger partial charge in [-0.1, -0.05) is 18.2 Å². The summed E-state index contributed by atoms with van der Waals surface area (Å²) in [5, 5.41) is 17.3. The van der Waals surface area contributed by atoms with Crippen molar-refractivity contribution >= 4 is 11.6 Å². The molecule has 0 saturated heterocycles. The van der Waals surface area contributed by atoms with Crippen LogP contribution in [0.25, 0.3) is 0 Å². The van der Waals surface area contributed by atoms with Crippen molar-refractivity contribution in [2.75, 3.05) is 11.9 Å². The SMILES string of the molecule is CN(C(=O)C(CC#N)CC#N)c1ccccc1. The molecule has 4 heteroatoms. The number of benzene rings is 1. The average Bonchev–Trinajstić information content (AvgIpc) is 2.38. The lowest BCUT2D eigenvalue weighted by Gasteiger charge is -2.21. The molecule has 86 valence electrons. The standard InChI is InChI=1S/C13H13N3O/c1-16(12-5-3-2-4-6-12)13(17)11(7-9-14)8-10-15/h2-6,11H,7-8H2,1H3. The summed E-state index contributed by atoms with van der Waals surface area (Å²) < 4.78 is 0. The highest BCUT2D eigenvalue weighted by atomic mass is 16.2. The van der Waals surface area contributed by atoms with Crippen molar-refractivity contribution in [1.82, 2.24) is 0 Å². The van der Waals surface area contributed by atoms with Crippen LogP contribution in [0, 0.1) is 28.6 Å². The Morgan fingerprint density at radius 3 is 2.24 bits per heavy atom. The smallest absolute Gasteiger partial charge is 0.231 e. The first-order valence-corrected chi connectivity index (χ1v) is 5.27. The molecule has 0 fully saturated rings. The predicted octanol–water partition coefficient (Wildman–Crippen LogP) is 2.09. The second-order valence-electron chi connectivity index (χ2n) is 3.65. The summed E-state index contributed by atoms with van der Waals surface area (Å²) in [5.74, 6) is -0.741. The van der Waals surface area contributed by atoms with Crippen LogP contribution in [0.15, 0.2) is 30.3 Å². The highest BCUT2D eigenvalue weighted by Gasteiger charge is 2.22. The van der Waals surface area contributed by atoms with Crippen LogP contribution < -0.4 is 4.90 Å². The molecule has 1 amide bonds. The van der Waals surface area contributed by atoms with E-state index in [1.165, 1.54) is 4.90 Å². The minimum Gasteiger partial charge on any atom is -0.315 e. The number of amides is 1. The molecule has 0 saturated carbocycles. The number of rotatable bonds is 4. The van der Waals surface area contributed by atoms with E-state index in [0.29, 0.717) is 0 Å². The van der Waals surface area contributed by atoms with Gasteiger partial charge in [-0.3, -0.25) is 4.79 Å². The quantitative estimate of drug-likeness (QED) is 0.790. The van der Waals surface area contributed by atoms with Crippen molar-refractivity contribution in [3.05, 3.63) is 30.3 Å². The summed E-state index contributed by atoms with van der Waals surface area (Å²) in [4.78, 5) is 13.5. The summed E-state index contributed by atoms with van der Waals surface area (Å²) >= 11 is 0. The van der Waals surface area contributed by atoms with E-state index in [2.05, 4.69) is 0 Å². The second-order valence-corrected chi connectivity index (χ2v) is 3.65. The molecule has 0 radical (unpaired) electrons. The molecule has 0 aliphatic carbocycles. The fourth-order valence-corrected chi connectivity index (χ4v) is 1.52. The van der Waals surface area contributed by atoms with Gasteiger partial charge in [0.05, 0.1) is 18.1 Å². The van der Waals surface area contributed by atoms with Crippen molar-refractivity contribution in [1.29, 1.82) is 10.5 Å². The lowest BCUT2D eigenvalue weighted by molar-refractivity contribution is -0.121. The van der Waals surface area contributed by atoms with Crippen LogP contribution in [-0.4, -0.2) is 13.0 Å². The molecule has 0 aromatic heterocycles. The lowest BCUT2D eigenvalue weighted by Crippen LogP contribution is -2.32. The van der Waals surface area contributed by atoms with Gasteiger partial charge in [-0.2, -0.15) is 10.5 Å². The molecule has 1 aromatic carbocycles. The first-order chi connectivity index (χ1) is 8.20. The predicted molar refractivity (Wildman–Crippen MR) is 63.8 cm³/mol. The summed E-state index contributed by atoms with van der Waals surface area (Å²) in [6.45, 7) is 0. The van der Waals surface area contributed by atoms with Gasteiger partial charge in [0.25, 0.3) is 0 Å². The Bertz CT molecular complexity index is 440. The Hall–Kier alpha value is -2.33. The first-order valence-electron chi connectivity index (χ1n) is 5.27. The monoisotopic (exact) mass is 227 g/mol. The maximum Gasteiger partial charge on any atom is 0.231 e. The van der Waals surface area contributed by atoms with Crippen LogP contribution in [0.3, 0.4) is 0 Å². The number of carbonyl (C=O) groups is 1. The largest absolute Gasteiger partial charge is 0.315 e. The molecular weight excluding hydrogens is 214 g/mol. The zero-order valence-corrected chi connectivity index (χ0v) is 9.63. The molecule has 0 aliphatic rings. The Morgan fingerprint density at radius 2 is 1.76 bits per heavy atom. The van der Waals surface area contributed by atoms with Crippen molar-refractivity contribution in [3.63, 3.8) is 0 Å². The van der Waals surface area contributed by atoms with Gasteiger partial charge >= 0.3 is 0 Å². The van der Waals surface area contributed by atoms with Crippen molar-refractivity contribution in [3.8, 4) is 12.1 Å². The van der Waals surface area contributed by atoms with Gasteiger partial charge in [0.15, 0.2) is 0 Å². The maximum absolute atomic E-state index is 12.0. The van der Waals surface area contributed by atoms with Gasteiger partial charge in [-0.05, 0) is 12.1 Å². The lowest BCUT2D eigenvalue weighted by atomic mass is 10.0. The Balaban J connectivity index is 2.82. The van der Waals surface area contributed by atoms with Gasteiger partial charge in [-0.15, -0.1) is 0 Å². The van der Waals surface area contributed by atoms with Crippen LogP contribution in [0.4, 0.5) is 5.69 Å². The van der Waals surface area contributed by atoms with E-state index in [-0.39, 0.29) is 18.7 Å². The molecule has 1 aromatic rings. The number of carbonyl (C=O) groups excluding carboxylic acids is 1. The third-order valence-corrected chi connectivity index (χ3v) is 2.50. The summed E-state index contributed by atoms with van der Waals surface area (Å²) in [6.07, 6.45) is 0.146. The summed E-state index contributed by atoms with van der Waals surface area (Å²) in [5.41, 5.74) is 0.762. The first kappa shape index (κ1) is 12.7. The molecule has 0 atom stereocenters. The van der Waals surface area contributed by atoms with E-state index >= 15 is 0 Å². The normalized spacial score (nSPS) is 9.41. The van der Waals surface area contributed by atoms with Gasteiger partial charge in [0.2, 0.25) is 5.91 Å². The van der Waals surface area contributed by atoms with Crippen molar-refractivity contribution in [2.45, 2.75) is 12.8 Å². The van der Waals surface area contributed by atoms with Gasteiger partial charge in [0.1, 0.15) is 0 Å². The molecule has 0 bridgehead atoms. The summed E-state index contributed by atoms with van der Waals surface area (Å²) in [6, 6.07) is 13.0. The van der Waals surface area contributed by atoms with E-state index in [1.807, 2.05) is 42.5 Å². The Morgan fingerprint density at radius 1 is 1.24 bits per heavy atom. The minimum atomic E-state index is -0.546.